The lowest BCUT2D eigenvalue weighted by molar-refractivity contribution is -0.229. The summed E-state index contributed by atoms with van der Waals surface area (Å²) < 4.78 is 23.6. The second-order valence-corrected chi connectivity index (χ2v) is 9.96. The zero-order valence-corrected chi connectivity index (χ0v) is 17.2. The van der Waals surface area contributed by atoms with Gasteiger partial charge in [-0.25, -0.2) is 0 Å². The molecule has 0 aromatic heterocycles. The molecule has 0 spiro atoms. The number of aliphatic hydroxyl groups is 1. The summed E-state index contributed by atoms with van der Waals surface area (Å²) in [6.07, 6.45) is 10.2. The molecule has 0 aromatic rings. The van der Waals surface area contributed by atoms with Crippen molar-refractivity contribution in [3.63, 3.8) is 0 Å². The van der Waals surface area contributed by atoms with E-state index in [4.69, 9.17) is 18.9 Å². The molecule has 6 atom stereocenters. The summed E-state index contributed by atoms with van der Waals surface area (Å²) in [6, 6.07) is 0. The van der Waals surface area contributed by atoms with Crippen LogP contribution in [-0.4, -0.2) is 55.6 Å². The van der Waals surface area contributed by atoms with Gasteiger partial charge in [0.25, 0.3) is 0 Å². The van der Waals surface area contributed by atoms with Crippen LogP contribution in [0, 0.1) is 17.3 Å². The molecular weight excluding hydrogens is 344 g/mol. The van der Waals surface area contributed by atoms with Gasteiger partial charge in [0.05, 0.1) is 12.2 Å². The Morgan fingerprint density at radius 3 is 2.59 bits per heavy atom. The van der Waals surface area contributed by atoms with Crippen molar-refractivity contribution < 1.29 is 24.1 Å². The van der Waals surface area contributed by atoms with E-state index in [0.29, 0.717) is 18.4 Å². The third kappa shape index (κ3) is 2.08. The van der Waals surface area contributed by atoms with E-state index in [9.17, 15) is 5.11 Å². The van der Waals surface area contributed by atoms with Crippen molar-refractivity contribution in [2.45, 2.75) is 80.9 Å². The maximum absolute atomic E-state index is 11.4. The Kier molecular flexibility index (Phi) is 3.83. The van der Waals surface area contributed by atoms with Crippen molar-refractivity contribution in [1.82, 2.24) is 0 Å². The first-order valence-corrected chi connectivity index (χ1v) is 10.6. The van der Waals surface area contributed by atoms with Gasteiger partial charge in [-0.15, -0.1) is 0 Å². The van der Waals surface area contributed by atoms with Crippen LogP contribution in [0.4, 0.5) is 0 Å². The molecule has 152 valence electrons. The average molecular weight is 379 g/mol. The van der Waals surface area contributed by atoms with E-state index in [2.05, 4.69) is 13.0 Å². The predicted octanol–water partition coefficient (Wildman–Crippen LogP) is 3.20. The first-order valence-electron chi connectivity index (χ1n) is 10.6. The number of epoxide rings is 1. The zero-order chi connectivity index (χ0) is 19.1. The third-order valence-corrected chi connectivity index (χ3v) is 9.31. The zero-order valence-electron chi connectivity index (χ0n) is 17.2. The highest BCUT2D eigenvalue weighted by molar-refractivity contribution is 5.43. The van der Waals surface area contributed by atoms with Gasteiger partial charge in [-0.3, -0.25) is 0 Å². The van der Waals surface area contributed by atoms with Crippen molar-refractivity contribution in [2.75, 3.05) is 27.9 Å². The van der Waals surface area contributed by atoms with Crippen LogP contribution in [0.15, 0.2) is 11.6 Å². The monoisotopic (exact) mass is 378 g/mol. The Morgan fingerprint density at radius 2 is 1.89 bits per heavy atom. The summed E-state index contributed by atoms with van der Waals surface area (Å²) in [5.41, 5.74) is 0.520. The largest absolute Gasteiger partial charge is 0.387 e. The Hall–Kier alpha value is -0.460. The van der Waals surface area contributed by atoms with Crippen LogP contribution < -0.4 is 0 Å². The van der Waals surface area contributed by atoms with E-state index in [1.165, 1.54) is 5.57 Å². The number of rotatable bonds is 4. The van der Waals surface area contributed by atoms with E-state index < -0.39 is 11.4 Å². The summed E-state index contributed by atoms with van der Waals surface area (Å²) in [5, 5.41) is 11.4. The Labute approximate surface area is 162 Å². The number of hydrogen-bond acceptors (Lipinski definition) is 5. The predicted molar refractivity (Wildman–Crippen MR) is 100 cm³/mol. The summed E-state index contributed by atoms with van der Waals surface area (Å²) in [4.78, 5) is 0. The second kappa shape index (κ2) is 5.57. The average Bonchev–Trinajstić information content (AvgIpc) is 3.28. The summed E-state index contributed by atoms with van der Waals surface area (Å²) in [6.45, 7) is 2.72. The number of allylic oxidation sites excluding steroid dienone is 1. The second-order valence-electron chi connectivity index (χ2n) is 9.96. The van der Waals surface area contributed by atoms with Crippen LogP contribution in [0.3, 0.4) is 0 Å². The molecule has 0 amide bonds. The molecule has 5 aliphatic rings. The fraction of sp³-hybridized carbons (Fsp3) is 0.909. The normalized spacial score (nSPS) is 52.3. The SMILES string of the molecule is COCC1(O)CC[C@H]2[C@@H]3CCC45CC(OC)(OC)CCC4(O5)C3=CC[C@@]21C. The number of hydrogen-bond donors (Lipinski definition) is 1. The van der Waals surface area contributed by atoms with Crippen LogP contribution in [0.25, 0.3) is 0 Å². The minimum absolute atomic E-state index is 0.0970. The van der Waals surface area contributed by atoms with E-state index >= 15 is 0 Å². The maximum Gasteiger partial charge on any atom is 0.170 e. The lowest BCUT2D eigenvalue weighted by atomic mass is 9.53. The molecule has 0 radical (unpaired) electrons. The lowest BCUT2D eigenvalue weighted by Crippen LogP contribution is -2.55. The maximum atomic E-state index is 11.4. The summed E-state index contributed by atoms with van der Waals surface area (Å²) >= 11 is 0. The van der Waals surface area contributed by atoms with Crippen LogP contribution in [-0.2, 0) is 18.9 Å². The first-order chi connectivity index (χ1) is 12.8. The summed E-state index contributed by atoms with van der Waals surface area (Å²) in [5.74, 6) is 0.552. The molecule has 5 rings (SSSR count). The minimum atomic E-state index is -0.709. The number of methoxy groups -OCH3 is 3. The van der Waals surface area contributed by atoms with Gasteiger partial charge in [0.2, 0.25) is 0 Å². The third-order valence-electron chi connectivity index (χ3n) is 9.31. The van der Waals surface area contributed by atoms with Crippen LogP contribution in [0.1, 0.15) is 58.3 Å². The Bertz CT molecular complexity index is 672. The highest BCUT2D eigenvalue weighted by atomic mass is 16.7. The summed E-state index contributed by atoms with van der Waals surface area (Å²) in [7, 11) is 5.20. The molecule has 0 bridgehead atoms. The van der Waals surface area contributed by atoms with Gasteiger partial charge < -0.3 is 24.1 Å². The molecule has 4 aliphatic carbocycles. The van der Waals surface area contributed by atoms with E-state index in [1.54, 1.807) is 21.3 Å². The molecule has 1 N–H and O–H groups in total. The molecule has 1 aliphatic heterocycles. The fourth-order valence-corrected chi connectivity index (χ4v) is 7.60. The molecule has 1 heterocycles. The van der Waals surface area contributed by atoms with Crippen molar-refractivity contribution in [3.8, 4) is 0 Å². The van der Waals surface area contributed by atoms with Crippen molar-refractivity contribution >= 4 is 0 Å². The van der Waals surface area contributed by atoms with Gasteiger partial charge in [-0.2, -0.15) is 0 Å². The Morgan fingerprint density at radius 1 is 1.11 bits per heavy atom. The molecule has 0 aromatic carbocycles. The lowest BCUT2D eigenvalue weighted by Gasteiger charge is -2.52. The van der Waals surface area contributed by atoms with Gasteiger partial charge in [0.15, 0.2) is 5.79 Å². The Balaban J connectivity index is 1.47. The van der Waals surface area contributed by atoms with Crippen molar-refractivity contribution in [1.29, 1.82) is 0 Å². The smallest absolute Gasteiger partial charge is 0.170 e. The van der Waals surface area contributed by atoms with Crippen LogP contribution in [0.2, 0.25) is 0 Å². The topological polar surface area (TPSA) is 60.5 Å². The highest BCUT2D eigenvalue weighted by Gasteiger charge is 2.79. The van der Waals surface area contributed by atoms with E-state index in [1.807, 2.05) is 0 Å². The van der Waals surface area contributed by atoms with Crippen molar-refractivity contribution in [3.05, 3.63) is 11.6 Å². The molecule has 3 saturated carbocycles. The van der Waals surface area contributed by atoms with Gasteiger partial charge in [0, 0.05) is 39.6 Å². The quantitative estimate of drug-likeness (QED) is 0.462. The molecule has 5 heteroatoms. The molecular formula is C22H34O5. The molecule has 27 heavy (non-hydrogen) atoms. The van der Waals surface area contributed by atoms with Crippen LogP contribution >= 0.6 is 0 Å². The minimum Gasteiger partial charge on any atom is -0.387 e. The van der Waals surface area contributed by atoms with Crippen LogP contribution in [0.5, 0.6) is 0 Å². The van der Waals surface area contributed by atoms with Crippen molar-refractivity contribution in [2.24, 2.45) is 17.3 Å². The highest BCUT2D eigenvalue weighted by Crippen LogP contribution is 2.73. The van der Waals surface area contributed by atoms with E-state index in [-0.39, 0.29) is 16.6 Å². The van der Waals surface area contributed by atoms with Gasteiger partial charge >= 0.3 is 0 Å². The number of fused-ring (bicyclic) bond motifs is 3. The first kappa shape index (κ1) is 18.6. The molecule has 5 nitrogen and oxygen atoms in total. The van der Waals surface area contributed by atoms with Gasteiger partial charge in [0.1, 0.15) is 11.2 Å². The standard InChI is InChI=1S/C22H34O5/c1-18-8-6-17-15(16(18)7-9-19(18,23)14-24-2)5-10-20-13-21(25-3,26-4)11-12-22(17,20)27-20/h6,15-16,23H,5,7-14H2,1-4H3/t15-,16-,18-,19?,20?,22?/m0/s1. The molecule has 4 fully saturated rings. The molecule has 1 saturated heterocycles. The molecule has 3 unspecified atom stereocenters. The van der Waals surface area contributed by atoms with Gasteiger partial charge in [-0.05, 0) is 55.9 Å². The van der Waals surface area contributed by atoms with Gasteiger partial charge in [-0.1, -0.05) is 13.0 Å². The number of ether oxygens (including phenoxy) is 4. The van der Waals surface area contributed by atoms with E-state index in [0.717, 1.165) is 51.4 Å². The fourth-order valence-electron chi connectivity index (χ4n) is 7.60.